The molecule has 2 aromatic rings. The van der Waals surface area contributed by atoms with Crippen LogP contribution >= 0.6 is 15.9 Å². The standard InChI is InChI=1S/C21H33BrN6O3Si/c1-14(25-20(29)30)12-24-19-23-9-6-15(26-19)16-17(22)27-18(21(2)7-8-21)28(16)13-31-10-11-32(3,4)5/h6,9,14,25H,7-8,10-13H2,1-5H3,(H,29,30)(H,23,24,26). The molecule has 0 saturated heterocycles. The highest BCUT2D eigenvalue weighted by atomic mass is 79.9. The molecule has 3 rings (SSSR count). The highest BCUT2D eigenvalue weighted by Crippen LogP contribution is 2.48. The number of nitrogens with zero attached hydrogens (tertiary/aromatic N) is 4. The molecule has 0 aromatic carbocycles. The largest absolute Gasteiger partial charge is 0.465 e. The Morgan fingerprint density at radius 1 is 1.38 bits per heavy atom. The first-order valence-electron chi connectivity index (χ1n) is 10.9. The average Bonchev–Trinajstić information content (AvgIpc) is 3.35. The maximum atomic E-state index is 10.8. The Bertz CT molecular complexity index is 957. The molecule has 1 unspecified atom stereocenters. The number of nitrogens with one attached hydrogen (secondary N) is 2. The third-order valence-corrected chi connectivity index (χ3v) is 7.77. The van der Waals surface area contributed by atoms with Crippen molar-refractivity contribution in [2.24, 2.45) is 0 Å². The summed E-state index contributed by atoms with van der Waals surface area (Å²) in [6, 6.07) is 2.68. The molecule has 1 aliphatic carbocycles. The van der Waals surface area contributed by atoms with Crippen molar-refractivity contribution in [3.05, 3.63) is 22.7 Å². The van der Waals surface area contributed by atoms with Gasteiger partial charge in [-0.15, -0.1) is 0 Å². The molecule has 176 valence electrons. The van der Waals surface area contributed by atoms with Crippen LogP contribution < -0.4 is 10.6 Å². The quantitative estimate of drug-likeness (QED) is 0.292. The van der Waals surface area contributed by atoms with E-state index in [1.807, 2.05) is 6.07 Å². The van der Waals surface area contributed by atoms with E-state index >= 15 is 0 Å². The molecular formula is C21H33BrN6O3Si. The molecule has 1 atom stereocenters. The molecule has 32 heavy (non-hydrogen) atoms. The van der Waals surface area contributed by atoms with Crippen LogP contribution in [0.3, 0.4) is 0 Å². The Balaban J connectivity index is 1.82. The van der Waals surface area contributed by atoms with Crippen LogP contribution in [0.25, 0.3) is 11.4 Å². The van der Waals surface area contributed by atoms with Gasteiger partial charge in [-0.2, -0.15) is 0 Å². The minimum absolute atomic E-state index is 0.0644. The van der Waals surface area contributed by atoms with Crippen LogP contribution in [0.15, 0.2) is 16.9 Å². The average molecular weight is 526 g/mol. The second-order valence-electron chi connectivity index (χ2n) is 9.91. The Morgan fingerprint density at radius 3 is 2.72 bits per heavy atom. The normalized spacial score (nSPS) is 15.9. The van der Waals surface area contributed by atoms with Gasteiger partial charge in [0.25, 0.3) is 0 Å². The fourth-order valence-electron chi connectivity index (χ4n) is 3.28. The molecule has 0 radical (unpaired) electrons. The molecule has 3 N–H and O–H groups in total. The van der Waals surface area contributed by atoms with Crippen LogP contribution in [-0.2, 0) is 16.9 Å². The molecular weight excluding hydrogens is 492 g/mol. The molecule has 2 heterocycles. The van der Waals surface area contributed by atoms with Gasteiger partial charge in [0.15, 0.2) is 0 Å². The van der Waals surface area contributed by atoms with Gasteiger partial charge in [0.2, 0.25) is 5.95 Å². The molecule has 1 amide bonds. The van der Waals surface area contributed by atoms with Crippen LogP contribution in [0, 0.1) is 0 Å². The van der Waals surface area contributed by atoms with Gasteiger partial charge in [-0.3, -0.25) is 0 Å². The maximum absolute atomic E-state index is 10.8. The van der Waals surface area contributed by atoms with Crippen molar-refractivity contribution in [2.75, 3.05) is 18.5 Å². The second-order valence-corrected chi connectivity index (χ2v) is 16.3. The molecule has 1 fully saturated rings. The Labute approximate surface area is 198 Å². The van der Waals surface area contributed by atoms with E-state index in [-0.39, 0.29) is 11.5 Å². The molecule has 0 bridgehead atoms. The van der Waals surface area contributed by atoms with Gasteiger partial charge < -0.3 is 25.0 Å². The Hall–Kier alpha value is -1.98. The highest BCUT2D eigenvalue weighted by molar-refractivity contribution is 9.10. The van der Waals surface area contributed by atoms with E-state index < -0.39 is 14.2 Å². The SMILES string of the molecule is CC(CNc1nccc(-c2c(Br)nc(C3(C)CC3)n2COCC[Si](C)(C)C)n1)NC(=O)O. The van der Waals surface area contributed by atoms with Crippen molar-refractivity contribution in [1.82, 2.24) is 24.8 Å². The zero-order valence-electron chi connectivity index (χ0n) is 19.4. The zero-order chi connectivity index (χ0) is 23.5. The summed E-state index contributed by atoms with van der Waals surface area (Å²) in [5, 5.41) is 14.4. The van der Waals surface area contributed by atoms with Gasteiger partial charge in [0.1, 0.15) is 22.9 Å². The fourth-order valence-corrected chi connectivity index (χ4v) is 4.62. The first-order valence-corrected chi connectivity index (χ1v) is 15.4. The van der Waals surface area contributed by atoms with Crippen molar-refractivity contribution < 1.29 is 14.6 Å². The van der Waals surface area contributed by atoms with E-state index in [0.717, 1.165) is 47.3 Å². The smallest absolute Gasteiger partial charge is 0.404 e. The third kappa shape index (κ3) is 6.52. The van der Waals surface area contributed by atoms with Crippen LogP contribution in [0.4, 0.5) is 10.7 Å². The second kappa shape index (κ2) is 9.88. The van der Waals surface area contributed by atoms with Gasteiger partial charge in [-0.05, 0) is 47.8 Å². The number of hydrogen-bond donors (Lipinski definition) is 3. The number of carbonyl (C=O) groups is 1. The van der Waals surface area contributed by atoms with Gasteiger partial charge in [-0.1, -0.05) is 26.6 Å². The summed E-state index contributed by atoms with van der Waals surface area (Å²) >= 11 is 3.64. The van der Waals surface area contributed by atoms with Crippen LogP contribution in [0.5, 0.6) is 0 Å². The summed E-state index contributed by atoms with van der Waals surface area (Å²) in [6.45, 7) is 12.6. The van der Waals surface area contributed by atoms with Crippen LogP contribution in [0.2, 0.25) is 25.7 Å². The van der Waals surface area contributed by atoms with Crippen molar-refractivity contribution in [3.63, 3.8) is 0 Å². The minimum Gasteiger partial charge on any atom is -0.465 e. The van der Waals surface area contributed by atoms with E-state index in [1.165, 1.54) is 0 Å². The first-order chi connectivity index (χ1) is 15.0. The summed E-state index contributed by atoms with van der Waals surface area (Å²) in [7, 11) is -1.17. The van der Waals surface area contributed by atoms with E-state index in [9.17, 15) is 4.79 Å². The molecule has 0 aliphatic heterocycles. The molecule has 9 nitrogen and oxygen atoms in total. The summed E-state index contributed by atoms with van der Waals surface area (Å²) in [5.41, 5.74) is 1.66. The fraction of sp³-hybridized carbons (Fsp3) is 0.619. The summed E-state index contributed by atoms with van der Waals surface area (Å²) in [6.07, 6.45) is 2.84. The summed E-state index contributed by atoms with van der Waals surface area (Å²) in [4.78, 5) is 24.6. The summed E-state index contributed by atoms with van der Waals surface area (Å²) < 4.78 is 8.96. The van der Waals surface area contributed by atoms with Gasteiger partial charge in [-0.25, -0.2) is 19.7 Å². The maximum Gasteiger partial charge on any atom is 0.404 e. The lowest BCUT2D eigenvalue weighted by Gasteiger charge is -2.18. The van der Waals surface area contributed by atoms with Crippen molar-refractivity contribution in [2.45, 2.75) is 70.6 Å². The topological polar surface area (TPSA) is 114 Å². The number of aromatic nitrogens is 4. The number of carboxylic acid groups (broad SMARTS) is 1. The number of anilines is 1. The Kier molecular flexibility index (Phi) is 7.61. The van der Waals surface area contributed by atoms with E-state index in [4.69, 9.17) is 14.8 Å². The summed E-state index contributed by atoms with van der Waals surface area (Å²) in [5.74, 6) is 1.44. The molecule has 2 aromatic heterocycles. The minimum atomic E-state index is -1.17. The predicted octanol–water partition coefficient (Wildman–Crippen LogP) is 4.53. The van der Waals surface area contributed by atoms with Gasteiger partial charge in [0.05, 0.1) is 5.69 Å². The van der Waals surface area contributed by atoms with Crippen LogP contribution in [-0.4, -0.2) is 58.0 Å². The monoisotopic (exact) mass is 524 g/mol. The van der Waals surface area contributed by atoms with Gasteiger partial charge >= 0.3 is 6.09 Å². The zero-order valence-corrected chi connectivity index (χ0v) is 22.0. The van der Waals surface area contributed by atoms with E-state index in [0.29, 0.717) is 19.2 Å². The molecule has 11 heteroatoms. The van der Waals surface area contributed by atoms with E-state index in [2.05, 4.69) is 67.7 Å². The highest BCUT2D eigenvalue weighted by Gasteiger charge is 2.44. The van der Waals surface area contributed by atoms with Crippen molar-refractivity contribution >= 4 is 36.0 Å². The number of imidazole rings is 1. The lowest BCUT2D eigenvalue weighted by atomic mass is 10.1. The Morgan fingerprint density at radius 2 is 2.09 bits per heavy atom. The number of rotatable bonds is 11. The number of ether oxygens (including phenoxy) is 1. The lowest BCUT2D eigenvalue weighted by Crippen LogP contribution is -2.36. The molecule has 1 aliphatic rings. The van der Waals surface area contributed by atoms with E-state index in [1.54, 1.807) is 13.1 Å². The number of halogens is 1. The number of hydrogen-bond acceptors (Lipinski definition) is 6. The van der Waals surface area contributed by atoms with Crippen molar-refractivity contribution in [3.8, 4) is 11.4 Å². The molecule has 0 spiro atoms. The molecule has 1 saturated carbocycles. The third-order valence-electron chi connectivity index (χ3n) is 5.52. The lowest BCUT2D eigenvalue weighted by molar-refractivity contribution is 0.0851. The van der Waals surface area contributed by atoms with Crippen LogP contribution in [0.1, 0.15) is 32.5 Å². The number of amides is 1. The van der Waals surface area contributed by atoms with Gasteiger partial charge in [0, 0.05) is 38.9 Å². The first kappa shape index (κ1) is 24.7. The van der Waals surface area contributed by atoms with Crippen molar-refractivity contribution in [1.29, 1.82) is 0 Å². The predicted molar refractivity (Wildman–Crippen MR) is 131 cm³/mol.